The van der Waals surface area contributed by atoms with E-state index in [2.05, 4.69) is 48.5 Å². The van der Waals surface area contributed by atoms with E-state index in [0.717, 1.165) is 29.5 Å². The summed E-state index contributed by atoms with van der Waals surface area (Å²) in [6.07, 6.45) is 10.3. The lowest BCUT2D eigenvalue weighted by molar-refractivity contribution is -0.137. The third-order valence-electron chi connectivity index (χ3n) is 4.90. The molecule has 1 aromatic rings. The summed E-state index contributed by atoms with van der Waals surface area (Å²) in [5, 5.41) is 10.8. The minimum absolute atomic E-state index is 0.188. The van der Waals surface area contributed by atoms with Crippen molar-refractivity contribution in [2.24, 2.45) is 0 Å². The van der Waals surface area contributed by atoms with E-state index >= 15 is 0 Å². The van der Waals surface area contributed by atoms with E-state index in [1.807, 2.05) is 12.1 Å². The molecule has 0 bridgehead atoms. The topological polar surface area (TPSA) is 46.5 Å². The van der Waals surface area contributed by atoms with Crippen LogP contribution >= 0.6 is 0 Å². The van der Waals surface area contributed by atoms with Crippen molar-refractivity contribution in [2.45, 2.75) is 97.8 Å². The van der Waals surface area contributed by atoms with Crippen molar-refractivity contribution < 1.29 is 14.6 Å². The molecule has 0 unspecified atom stereocenters. The summed E-state index contributed by atoms with van der Waals surface area (Å²) >= 11 is 0. The summed E-state index contributed by atoms with van der Waals surface area (Å²) in [5.41, 5.74) is 2.31. The maximum absolute atomic E-state index is 12.0. The molecule has 3 heteroatoms. The van der Waals surface area contributed by atoms with Crippen LogP contribution in [-0.2, 0) is 20.4 Å². The molecule has 0 saturated heterocycles. The smallest absolute Gasteiger partial charge is 0.330 e. The van der Waals surface area contributed by atoms with Crippen LogP contribution in [0.5, 0.6) is 5.75 Å². The first kappa shape index (κ1) is 24.3. The van der Waals surface area contributed by atoms with Gasteiger partial charge in [-0.15, -0.1) is 0 Å². The number of ether oxygens (including phenoxy) is 1. The van der Waals surface area contributed by atoms with Crippen molar-refractivity contribution in [3.8, 4) is 5.75 Å². The van der Waals surface area contributed by atoms with Crippen LogP contribution < -0.4 is 0 Å². The molecular formula is C25H40O3. The van der Waals surface area contributed by atoms with Gasteiger partial charge >= 0.3 is 5.97 Å². The molecule has 158 valence electrons. The molecule has 0 radical (unpaired) electrons. The summed E-state index contributed by atoms with van der Waals surface area (Å²) in [6, 6.07) is 3.92. The Morgan fingerprint density at radius 1 is 0.929 bits per heavy atom. The van der Waals surface area contributed by atoms with Gasteiger partial charge in [0.05, 0.1) is 6.61 Å². The van der Waals surface area contributed by atoms with E-state index in [-0.39, 0.29) is 16.8 Å². The summed E-state index contributed by atoms with van der Waals surface area (Å²) in [5.74, 6) is 0.0408. The second-order valence-electron chi connectivity index (χ2n) is 9.73. The molecule has 0 spiro atoms. The number of aromatic hydroxyl groups is 1. The fraction of sp³-hybridized carbons (Fsp3) is 0.640. The maximum Gasteiger partial charge on any atom is 0.330 e. The van der Waals surface area contributed by atoms with E-state index in [0.29, 0.717) is 12.4 Å². The fourth-order valence-electron chi connectivity index (χ4n) is 3.16. The van der Waals surface area contributed by atoms with Gasteiger partial charge < -0.3 is 9.84 Å². The third-order valence-corrected chi connectivity index (χ3v) is 4.90. The minimum Gasteiger partial charge on any atom is -0.507 e. The first-order valence-electron chi connectivity index (χ1n) is 10.7. The number of rotatable bonds is 9. The zero-order valence-corrected chi connectivity index (χ0v) is 19.0. The Morgan fingerprint density at radius 3 is 1.93 bits per heavy atom. The minimum atomic E-state index is -0.309. The maximum atomic E-state index is 12.0. The van der Waals surface area contributed by atoms with Gasteiger partial charge in [0.15, 0.2) is 0 Å². The van der Waals surface area contributed by atoms with E-state index in [1.165, 1.54) is 31.8 Å². The number of esters is 1. The van der Waals surface area contributed by atoms with Crippen molar-refractivity contribution in [1.82, 2.24) is 0 Å². The lowest BCUT2D eigenvalue weighted by Gasteiger charge is -2.27. The highest BCUT2D eigenvalue weighted by Gasteiger charge is 2.26. The molecule has 0 aliphatic rings. The molecule has 3 nitrogen and oxygen atoms in total. The van der Waals surface area contributed by atoms with E-state index in [9.17, 15) is 9.90 Å². The lowest BCUT2D eigenvalue weighted by atomic mass is 9.78. The van der Waals surface area contributed by atoms with Crippen LogP contribution in [0.1, 0.15) is 104 Å². The summed E-state index contributed by atoms with van der Waals surface area (Å²) < 4.78 is 5.31. The van der Waals surface area contributed by atoms with E-state index < -0.39 is 0 Å². The molecule has 0 amide bonds. The average molecular weight is 389 g/mol. The number of unbranched alkanes of at least 4 members (excludes halogenated alkanes) is 5. The molecule has 1 N–H and O–H groups in total. The van der Waals surface area contributed by atoms with E-state index in [4.69, 9.17) is 4.74 Å². The number of carbonyl (C=O) groups excluding carboxylic acids is 1. The van der Waals surface area contributed by atoms with Crippen LogP contribution in [0.25, 0.3) is 6.08 Å². The first-order chi connectivity index (χ1) is 13.0. The van der Waals surface area contributed by atoms with Crippen LogP contribution in [0.4, 0.5) is 0 Å². The molecule has 0 aliphatic heterocycles. The van der Waals surface area contributed by atoms with Crippen molar-refractivity contribution >= 4 is 12.0 Å². The number of phenolic OH excluding ortho intramolecular Hbond substituents is 1. The standard InChI is InChI=1S/C25H40O3/c1-8-9-10-11-12-13-16-28-22(26)15-14-19-17-20(24(2,3)4)23(27)21(18-19)25(5,6)7/h14-15,17-18,27H,8-13,16H2,1-7H3/b15-14+. The van der Waals surface area contributed by atoms with Crippen molar-refractivity contribution in [2.75, 3.05) is 6.61 Å². The predicted octanol–water partition coefficient (Wildman–Crippen LogP) is 6.90. The van der Waals surface area contributed by atoms with Crippen LogP contribution in [0.3, 0.4) is 0 Å². The van der Waals surface area contributed by atoms with Gasteiger partial charge in [-0.2, -0.15) is 0 Å². The zero-order valence-electron chi connectivity index (χ0n) is 19.0. The van der Waals surface area contributed by atoms with Crippen LogP contribution in [-0.4, -0.2) is 17.7 Å². The van der Waals surface area contributed by atoms with Gasteiger partial charge in [-0.1, -0.05) is 80.6 Å². The van der Waals surface area contributed by atoms with Crippen molar-refractivity contribution in [3.63, 3.8) is 0 Å². The van der Waals surface area contributed by atoms with Crippen LogP contribution in [0, 0.1) is 0 Å². The predicted molar refractivity (Wildman–Crippen MR) is 119 cm³/mol. The average Bonchev–Trinajstić information content (AvgIpc) is 2.58. The number of hydrogen-bond donors (Lipinski definition) is 1. The highest BCUT2D eigenvalue weighted by Crippen LogP contribution is 2.40. The van der Waals surface area contributed by atoms with Gasteiger partial charge in [0.1, 0.15) is 5.75 Å². The van der Waals surface area contributed by atoms with Crippen LogP contribution in [0.15, 0.2) is 18.2 Å². The lowest BCUT2D eigenvalue weighted by Crippen LogP contribution is -2.17. The van der Waals surface area contributed by atoms with Gasteiger partial charge in [0.2, 0.25) is 0 Å². The van der Waals surface area contributed by atoms with Gasteiger partial charge in [0.25, 0.3) is 0 Å². The molecule has 0 atom stereocenters. The highest BCUT2D eigenvalue weighted by atomic mass is 16.5. The van der Waals surface area contributed by atoms with Gasteiger partial charge in [-0.3, -0.25) is 0 Å². The second-order valence-corrected chi connectivity index (χ2v) is 9.73. The number of phenols is 1. The zero-order chi connectivity index (χ0) is 21.4. The molecule has 0 aromatic heterocycles. The third kappa shape index (κ3) is 8.08. The molecule has 0 saturated carbocycles. The monoisotopic (exact) mass is 388 g/mol. The molecule has 0 heterocycles. The van der Waals surface area contributed by atoms with Crippen molar-refractivity contribution in [3.05, 3.63) is 34.9 Å². The summed E-state index contributed by atoms with van der Waals surface area (Å²) in [7, 11) is 0. The van der Waals surface area contributed by atoms with Gasteiger partial charge in [0, 0.05) is 17.2 Å². The SMILES string of the molecule is CCCCCCCCOC(=O)/C=C/c1cc(C(C)(C)C)c(O)c(C(C)(C)C)c1. The number of benzene rings is 1. The fourth-order valence-corrected chi connectivity index (χ4v) is 3.16. The molecule has 28 heavy (non-hydrogen) atoms. The Hall–Kier alpha value is -1.77. The molecule has 1 rings (SSSR count). The normalized spacial score (nSPS) is 12.5. The molecule has 0 fully saturated rings. The van der Waals surface area contributed by atoms with E-state index in [1.54, 1.807) is 6.08 Å². The number of carbonyl (C=O) groups is 1. The molecular weight excluding hydrogens is 348 g/mol. The Kier molecular flexibility index (Phi) is 9.26. The van der Waals surface area contributed by atoms with Crippen LogP contribution in [0.2, 0.25) is 0 Å². The van der Waals surface area contributed by atoms with Gasteiger partial charge in [-0.05, 0) is 41.0 Å². The Morgan fingerprint density at radius 2 is 1.43 bits per heavy atom. The first-order valence-corrected chi connectivity index (χ1v) is 10.7. The second kappa shape index (κ2) is 10.7. The van der Waals surface area contributed by atoms with Gasteiger partial charge in [-0.25, -0.2) is 4.79 Å². The number of hydrogen-bond acceptors (Lipinski definition) is 3. The summed E-state index contributed by atoms with van der Waals surface area (Å²) in [6.45, 7) is 15.2. The molecule has 0 aliphatic carbocycles. The van der Waals surface area contributed by atoms with Crippen molar-refractivity contribution in [1.29, 1.82) is 0 Å². The summed E-state index contributed by atoms with van der Waals surface area (Å²) in [4.78, 5) is 12.0. The quantitative estimate of drug-likeness (QED) is 0.284. The highest BCUT2D eigenvalue weighted by molar-refractivity contribution is 5.87. The Bertz CT molecular complexity index is 622. The Balaban J connectivity index is 2.78. The molecule has 1 aromatic carbocycles. The largest absolute Gasteiger partial charge is 0.507 e. The Labute approximate surface area is 172 Å².